The highest BCUT2D eigenvalue weighted by atomic mass is 15.0. The lowest BCUT2D eigenvalue weighted by Gasteiger charge is -2.25. The van der Waals surface area contributed by atoms with E-state index in [1.54, 1.807) is 0 Å². The van der Waals surface area contributed by atoms with E-state index < -0.39 is 0 Å². The Balaban J connectivity index is 1.22. The summed E-state index contributed by atoms with van der Waals surface area (Å²) in [5, 5.41) is 7.78. The molecular weight excluding hydrogens is 619 g/mol. The molecule has 9 aromatic rings. The number of nitrogens with zero attached hydrogens (tertiary/aromatic N) is 3. The van der Waals surface area contributed by atoms with Crippen LogP contribution in [0.3, 0.4) is 0 Å². The number of hydrogen-bond acceptors (Lipinski definition) is 3. The summed E-state index contributed by atoms with van der Waals surface area (Å²) in [7, 11) is 0. The van der Waals surface area contributed by atoms with Crippen LogP contribution in [0.15, 0.2) is 164 Å². The maximum atomic E-state index is 5.04. The van der Waals surface area contributed by atoms with Crippen LogP contribution in [0.4, 0.5) is 0 Å². The summed E-state index contributed by atoms with van der Waals surface area (Å²) in [4.78, 5) is 15.0. The van der Waals surface area contributed by atoms with Crippen LogP contribution < -0.4 is 0 Å². The molecule has 0 amide bonds. The van der Waals surface area contributed by atoms with Gasteiger partial charge in [0, 0.05) is 22.1 Å². The van der Waals surface area contributed by atoms with Gasteiger partial charge in [-0.2, -0.15) is 0 Å². The van der Waals surface area contributed by atoms with E-state index in [9.17, 15) is 0 Å². The molecule has 0 spiro atoms. The molecule has 0 bridgehead atoms. The van der Waals surface area contributed by atoms with Gasteiger partial charge >= 0.3 is 0 Å². The van der Waals surface area contributed by atoms with E-state index in [-0.39, 0.29) is 5.41 Å². The summed E-state index contributed by atoms with van der Waals surface area (Å²) in [5.74, 6) is 1.97. The molecule has 3 nitrogen and oxygen atoms in total. The molecule has 240 valence electrons. The van der Waals surface area contributed by atoms with Crippen LogP contribution in [0.5, 0.6) is 0 Å². The fourth-order valence-electron chi connectivity index (χ4n) is 8.44. The fraction of sp³-hybridized carbons (Fsp3) is 0.0625. The van der Waals surface area contributed by atoms with Crippen LogP contribution in [-0.4, -0.2) is 15.0 Å². The van der Waals surface area contributed by atoms with E-state index >= 15 is 0 Å². The molecule has 8 aromatic carbocycles. The average molecular weight is 652 g/mol. The highest BCUT2D eigenvalue weighted by Gasteiger charge is 2.40. The molecule has 1 aliphatic rings. The van der Waals surface area contributed by atoms with Crippen molar-refractivity contribution in [3.05, 3.63) is 175 Å². The van der Waals surface area contributed by atoms with Gasteiger partial charge in [0.1, 0.15) is 0 Å². The Hall–Kier alpha value is -6.45. The summed E-state index contributed by atoms with van der Waals surface area (Å²) in [5.41, 5.74) is 10.5. The van der Waals surface area contributed by atoms with E-state index in [4.69, 9.17) is 15.0 Å². The van der Waals surface area contributed by atoms with Crippen LogP contribution >= 0.6 is 0 Å². The van der Waals surface area contributed by atoms with Crippen molar-refractivity contribution >= 4 is 32.3 Å². The highest BCUT2D eigenvalue weighted by molar-refractivity contribution is 6.20. The molecule has 0 N–H and O–H groups in total. The number of aromatic nitrogens is 3. The van der Waals surface area contributed by atoms with Gasteiger partial charge in [0.15, 0.2) is 17.5 Å². The maximum Gasteiger partial charge on any atom is 0.164 e. The van der Waals surface area contributed by atoms with Gasteiger partial charge in [-0.1, -0.05) is 166 Å². The van der Waals surface area contributed by atoms with Gasteiger partial charge in [0.25, 0.3) is 0 Å². The number of fused-ring (bicyclic) bond motifs is 10. The standard InChI is InChI=1S/C48H33N3/c1-48(2)43-38-26-13-11-24-36(38)40(29-41(43)42-37-25-12-9-22-34(37)35-23-10-14-27-39(35)44(42)48)32-20-15-21-33(28-32)47-50-45(30-16-5-3-6-17-30)49-46(51-47)31-18-7-4-8-19-31/h3-29H,1-2H3. The van der Waals surface area contributed by atoms with Gasteiger partial charge in [0.2, 0.25) is 0 Å². The lowest BCUT2D eigenvalue weighted by atomic mass is 9.77. The second kappa shape index (κ2) is 11.3. The fourth-order valence-corrected chi connectivity index (χ4v) is 8.44. The number of hydrogen-bond donors (Lipinski definition) is 0. The molecule has 0 aliphatic heterocycles. The summed E-state index contributed by atoms with van der Waals surface area (Å²) < 4.78 is 0. The molecule has 1 heterocycles. The third-order valence-corrected chi connectivity index (χ3v) is 10.6. The first kappa shape index (κ1) is 29.5. The Labute approximate surface area is 297 Å². The van der Waals surface area contributed by atoms with E-state index in [2.05, 4.69) is 117 Å². The summed E-state index contributed by atoms with van der Waals surface area (Å²) in [6.45, 7) is 4.81. The van der Waals surface area contributed by atoms with Crippen LogP contribution in [-0.2, 0) is 5.41 Å². The minimum atomic E-state index is -0.194. The largest absolute Gasteiger partial charge is 0.208 e. The molecule has 3 heteroatoms. The summed E-state index contributed by atoms with van der Waals surface area (Å²) in [6.07, 6.45) is 0. The second-order valence-electron chi connectivity index (χ2n) is 14.0. The van der Waals surface area contributed by atoms with Gasteiger partial charge in [-0.05, 0) is 77.8 Å². The van der Waals surface area contributed by atoms with Crippen molar-refractivity contribution in [1.29, 1.82) is 0 Å². The Kier molecular flexibility index (Phi) is 6.53. The van der Waals surface area contributed by atoms with Crippen molar-refractivity contribution in [3.8, 4) is 56.4 Å². The van der Waals surface area contributed by atoms with E-state index in [0.717, 1.165) is 22.3 Å². The highest BCUT2D eigenvalue weighted by Crippen LogP contribution is 2.57. The van der Waals surface area contributed by atoms with E-state index in [1.165, 1.54) is 60.1 Å². The lowest BCUT2D eigenvalue weighted by Crippen LogP contribution is -2.16. The SMILES string of the molecule is CC1(C)c2c(cc(-c3cccc(-c4nc(-c5ccccc5)nc(-c5ccccc5)n4)c3)c3ccccc23)-c2c1c1ccccc1c1ccccc21. The normalized spacial score (nSPS) is 13.1. The minimum Gasteiger partial charge on any atom is -0.208 e. The maximum absolute atomic E-state index is 5.04. The van der Waals surface area contributed by atoms with Crippen molar-refractivity contribution in [2.75, 3.05) is 0 Å². The summed E-state index contributed by atoms with van der Waals surface area (Å²) in [6, 6.07) is 58.2. The third kappa shape index (κ3) is 4.55. The Bertz CT molecular complexity index is 2760. The summed E-state index contributed by atoms with van der Waals surface area (Å²) >= 11 is 0. The molecule has 1 aromatic heterocycles. The van der Waals surface area contributed by atoms with Crippen molar-refractivity contribution in [3.63, 3.8) is 0 Å². The first-order valence-electron chi connectivity index (χ1n) is 17.5. The van der Waals surface area contributed by atoms with E-state index in [0.29, 0.717) is 17.5 Å². The lowest BCUT2D eigenvalue weighted by molar-refractivity contribution is 0.672. The van der Waals surface area contributed by atoms with Gasteiger partial charge in [-0.25, -0.2) is 15.0 Å². The smallest absolute Gasteiger partial charge is 0.164 e. The number of rotatable bonds is 4. The number of benzene rings is 8. The molecule has 0 radical (unpaired) electrons. The molecular formula is C48H33N3. The first-order valence-corrected chi connectivity index (χ1v) is 17.5. The zero-order chi connectivity index (χ0) is 34.1. The Morgan fingerprint density at radius 1 is 0.333 bits per heavy atom. The zero-order valence-electron chi connectivity index (χ0n) is 28.4. The molecule has 0 atom stereocenters. The van der Waals surface area contributed by atoms with Crippen molar-refractivity contribution in [1.82, 2.24) is 15.0 Å². The first-order chi connectivity index (χ1) is 25.1. The molecule has 0 saturated heterocycles. The molecule has 0 fully saturated rings. The van der Waals surface area contributed by atoms with Gasteiger partial charge in [-0.3, -0.25) is 0 Å². The predicted octanol–water partition coefficient (Wildman–Crippen LogP) is 12.3. The average Bonchev–Trinajstić information content (AvgIpc) is 3.45. The molecule has 0 saturated carbocycles. The minimum absolute atomic E-state index is 0.194. The molecule has 1 aliphatic carbocycles. The van der Waals surface area contributed by atoms with Crippen LogP contribution in [0, 0.1) is 0 Å². The van der Waals surface area contributed by atoms with Crippen LogP contribution in [0.2, 0.25) is 0 Å². The predicted molar refractivity (Wildman–Crippen MR) is 212 cm³/mol. The van der Waals surface area contributed by atoms with Crippen LogP contribution in [0.1, 0.15) is 25.0 Å². The molecule has 51 heavy (non-hydrogen) atoms. The van der Waals surface area contributed by atoms with Crippen molar-refractivity contribution < 1.29 is 0 Å². The van der Waals surface area contributed by atoms with Crippen LogP contribution in [0.25, 0.3) is 88.7 Å². The Morgan fingerprint density at radius 2 is 0.765 bits per heavy atom. The second-order valence-corrected chi connectivity index (χ2v) is 14.0. The van der Waals surface area contributed by atoms with Crippen molar-refractivity contribution in [2.24, 2.45) is 0 Å². The van der Waals surface area contributed by atoms with Crippen molar-refractivity contribution in [2.45, 2.75) is 19.3 Å². The third-order valence-electron chi connectivity index (χ3n) is 10.6. The topological polar surface area (TPSA) is 38.7 Å². The quantitative estimate of drug-likeness (QED) is 0.178. The van der Waals surface area contributed by atoms with Gasteiger partial charge in [0.05, 0.1) is 0 Å². The zero-order valence-corrected chi connectivity index (χ0v) is 28.4. The monoisotopic (exact) mass is 651 g/mol. The van der Waals surface area contributed by atoms with Gasteiger partial charge in [-0.15, -0.1) is 0 Å². The van der Waals surface area contributed by atoms with E-state index in [1.807, 2.05) is 60.7 Å². The molecule has 10 rings (SSSR count). The van der Waals surface area contributed by atoms with Gasteiger partial charge < -0.3 is 0 Å². The molecule has 0 unspecified atom stereocenters. The Morgan fingerprint density at radius 3 is 1.37 bits per heavy atom.